The van der Waals surface area contributed by atoms with Crippen LogP contribution >= 0.6 is 0 Å². The highest BCUT2D eigenvalue weighted by Gasteiger charge is 2.24. The van der Waals surface area contributed by atoms with E-state index >= 15 is 0 Å². The molecule has 0 bridgehead atoms. The molecule has 1 fully saturated rings. The summed E-state index contributed by atoms with van der Waals surface area (Å²) in [5.74, 6) is 1.86. The number of piperidine rings is 1. The first-order chi connectivity index (χ1) is 12.7. The van der Waals surface area contributed by atoms with Crippen LogP contribution in [0.15, 0.2) is 29.3 Å². The standard InChI is InChI=1S/C20H31N5O/c1-15-6-5-10-25(14-15)11-9-22-20(21-2)23-13-16-12-19(26)24-18-8-4-3-7-17(16)18/h3-4,7-8,15-16H,5-6,9-14H2,1-2H3,(H,24,26)(H2,21,22,23). The van der Waals surface area contributed by atoms with Crippen LogP contribution < -0.4 is 16.0 Å². The van der Waals surface area contributed by atoms with Gasteiger partial charge in [-0.25, -0.2) is 0 Å². The van der Waals surface area contributed by atoms with Crippen LogP contribution in [0.4, 0.5) is 5.69 Å². The first-order valence-corrected chi connectivity index (χ1v) is 9.71. The van der Waals surface area contributed by atoms with E-state index in [2.05, 4.69) is 38.8 Å². The van der Waals surface area contributed by atoms with E-state index in [1.165, 1.54) is 31.5 Å². The molecule has 6 heteroatoms. The Labute approximate surface area is 156 Å². The zero-order chi connectivity index (χ0) is 18.4. The molecule has 0 aromatic heterocycles. The van der Waals surface area contributed by atoms with Crippen molar-refractivity contribution >= 4 is 17.6 Å². The summed E-state index contributed by atoms with van der Waals surface area (Å²) in [6, 6.07) is 8.04. The number of hydrogen-bond donors (Lipinski definition) is 3. The molecule has 142 valence electrons. The number of amides is 1. The summed E-state index contributed by atoms with van der Waals surface area (Å²) in [6.07, 6.45) is 3.16. The third-order valence-electron chi connectivity index (χ3n) is 5.31. The number of carbonyl (C=O) groups excluding carboxylic acids is 1. The highest BCUT2D eigenvalue weighted by Crippen LogP contribution is 2.31. The molecular weight excluding hydrogens is 326 g/mol. The second-order valence-electron chi connectivity index (χ2n) is 7.46. The molecular formula is C20H31N5O. The average Bonchev–Trinajstić information content (AvgIpc) is 2.64. The molecule has 26 heavy (non-hydrogen) atoms. The van der Waals surface area contributed by atoms with Crippen LogP contribution in [0.2, 0.25) is 0 Å². The number of hydrogen-bond acceptors (Lipinski definition) is 3. The second-order valence-corrected chi connectivity index (χ2v) is 7.46. The van der Waals surface area contributed by atoms with Crippen LogP contribution in [-0.2, 0) is 4.79 Å². The van der Waals surface area contributed by atoms with E-state index in [1.54, 1.807) is 7.05 Å². The van der Waals surface area contributed by atoms with Crippen LogP contribution in [0.25, 0.3) is 0 Å². The Morgan fingerprint density at radius 2 is 2.19 bits per heavy atom. The van der Waals surface area contributed by atoms with E-state index in [4.69, 9.17) is 0 Å². The van der Waals surface area contributed by atoms with Crippen molar-refractivity contribution in [3.8, 4) is 0 Å². The van der Waals surface area contributed by atoms with E-state index < -0.39 is 0 Å². The Balaban J connectivity index is 1.46. The van der Waals surface area contributed by atoms with Gasteiger partial charge in [-0.15, -0.1) is 0 Å². The number of benzene rings is 1. The fourth-order valence-electron chi connectivity index (χ4n) is 3.95. The van der Waals surface area contributed by atoms with Gasteiger partial charge >= 0.3 is 0 Å². The van der Waals surface area contributed by atoms with Crippen molar-refractivity contribution in [1.82, 2.24) is 15.5 Å². The Morgan fingerprint density at radius 1 is 1.35 bits per heavy atom. The molecule has 0 saturated carbocycles. The molecule has 1 saturated heterocycles. The van der Waals surface area contributed by atoms with Crippen molar-refractivity contribution in [3.05, 3.63) is 29.8 Å². The zero-order valence-electron chi connectivity index (χ0n) is 15.9. The van der Waals surface area contributed by atoms with Gasteiger partial charge in [0.25, 0.3) is 0 Å². The lowest BCUT2D eigenvalue weighted by Gasteiger charge is -2.31. The summed E-state index contributed by atoms with van der Waals surface area (Å²) in [5, 5.41) is 9.74. The van der Waals surface area contributed by atoms with Crippen LogP contribution in [0.1, 0.15) is 37.7 Å². The number of likely N-dealkylation sites (tertiary alicyclic amines) is 1. The van der Waals surface area contributed by atoms with Gasteiger partial charge in [-0.2, -0.15) is 0 Å². The summed E-state index contributed by atoms with van der Waals surface area (Å²) in [7, 11) is 1.79. The molecule has 2 aliphatic heterocycles. The Kier molecular flexibility index (Phi) is 6.50. The topological polar surface area (TPSA) is 68.8 Å². The van der Waals surface area contributed by atoms with Crippen molar-refractivity contribution in [2.24, 2.45) is 10.9 Å². The number of nitrogens with one attached hydrogen (secondary N) is 3. The SMILES string of the molecule is CN=C(NCCN1CCCC(C)C1)NCC1CC(=O)Nc2ccccc21. The lowest BCUT2D eigenvalue weighted by molar-refractivity contribution is -0.116. The van der Waals surface area contributed by atoms with Gasteiger partial charge in [-0.3, -0.25) is 9.79 Å². The molecule has 0 radical (unpaired) electrons. The normalized spacial score (nSPS) is 23.9. The molecule has 0 spiro atoms. The molecule has 3 N–H and O–H groups in total. The minimum Gasteiger partial charge on any atom is -0.356 e. The number of aliphatic imine (C=N–C) groups is 1. The Morgan fingerprint density at radius 3 is 3.00 bits per heavy atom. The fraction of sp³-hybridized carbons (Fsp3) is 0.600. The third kappa shape index (κ3) is 4.97. The first kappa shape index (κ1) is 18.7. The summed E-state index contributed by atoms with van der Waals surface area (Å²) >= 11 is 0. The van der Waals surface area contributed by atoms with Gasteiger partial charge in [-0.1, -0.05) is 25.1 Å². The predicted octanol–water partition coefficient (Wildman–Crippen LogP) is 2.01. The van der Waals surface area contributed by atoms with E-state index in [0.29, 0.717) is 13.0 Å². The molecule has 6 nitrogen and oxygen atoms in total. The van der Waals surface area contributed by atoms with Crippen LogP contribution in [0.5, 0.6) is 0 Å². The molecule has 0 aliphatic carbocycles. The van der Waals surface area contributed by atoms with Gasteiger partial charge in [0.2, 0.25) is 5.91 Å². The number of rotatable bonds is 5. The van der Waals surface area contributed by atoms with E-state index in [-0.39, 0.29) is 11.8 Å². The van der Waals surface area contributed by atoms with Gasteiger partial charge in [0.05, 0.1) is 0 Å². The van der Waals surface area contributed by atoms with Crippen molar-refractivity contribution in [1.29, 1.82) is 0 Å². The lowest BCUT2D eigenvalue weighted by atomic mass is 9.90. The summed E-state index contributed by atoms with van der Waals surface area (Å²) in [6.45, 7) is 7.35. The number of guanidine groups is 1. The molecule has 2 atom stereocenters. The maximum absolute atomic E-state index is 11.9. The van der Waals surface area contributed by atoms with Crippen LogP contribution in [-0.4, -0.2) is 56.5 Å². The van der Waals surface area contributed by atoms with Gasteiger partial charge in [0.15, 0.2) is 5.96 Å². The average molecular weight is 358 g/mol. The number of fused-ring (bicyclic) bond motifs is 1. The largest absolute Gasteiger partial charge is 0.356 e. The van der Waals surface area contributed by atoms with Crippen molar-refractivity contribution < 1.29 is 4.79 Å². The number of para-hydroxylation sites is 1. The minimum atomic E-state index is 0.0812. The number of nitrogens with zero attached hydrogens (tertiary/aromatic N) is 2. The third-order valence-corrected chi connectivity index (χ3v) is 5.31. The van der Waals surface area contributed by atoms with Gasteiger partial charge in [0, 0.05) is 51.3 Å². The summed E-state index contributed by atoms with van der Waals surface area (Å²) in [4.78, 5) is 18.8. The van der Waals surface area contributed by atoms with E-state index in [1.807, 2.05) is 18.2 Å². The van der Waals surface area contributed by atoms with Crippen LogP contribution in [0, 0.1) is 5.92 Å². The van der Waals surface area contributed by atoms with Crippen molar-refractivity contribution in [2.45, 2.75) is 32.1 Å². The quantitative estimate of drug-likeness (QED) is 0.557. The highest BCUT2D eigenvalue weighted by molar-refractivity contribution is 5.94. The fourth-order valence-corrected chi connectivity index (χ4v) is 3.95. The van der Waals surface area contributed by atoms with E-state index in [9.17, 15) is 4.79 Å². The van der Waals surface area contributed by atoms with Crippen LogP contribution in [0.3, 0.4) is 0 Å². The smallest absolute Gasteiger partial charge is 0.225 e. The number of carbonyl (C=O) groups is 1. The molecule has 2 unspecified atom stereocenters. The number of anilines is 1. The summed E-state index contributed by atoms with van der Waals surface area (Å²) < 4.78 is 0. The highest BCUT2D eigenvalue weighted by atomic mass is 16.1. The maximum Gasteiger partial charge on any atom is 0.225 e. The molecule has 2 heterocycles. The zero-order valence-corrected chi connectivity index (χ0v) is 15.9. The minimum absolute atomic E-state index is 0.0812. The Hall–Kier alpha value is -2.08. The van der Waals surface area contributed by atoms with Crippen molar-refractivity contribution in [3.63, 3.8) is 0 Å². The second kappa shape index (κ2) is 9.03. The van der Waals surface area contributed by atoms with E-state index in [0.717, 1.165) is 30.7 Å². The van der Waals surface area contributed by atoms with Gasteiger partial charge < -0.3 is 20.9 Å². The monoisotopic (exact) mass is 357 g/mol. The molecule has 1 aromatic rings. The van der Waals surface area contributed by atoms with Gasteiger partial charge in [-0.05, 0) is 36.9 Å². The summed E-state index contributed by atoms with van der Waals surface area (Å²) in [5.41, 5.74) is 2.12. The molecule has 1 aromatic carbocycles. The lowest BCUT2D eigenvalue weighted by Crippen LogP contribution is -2.45. The molecule has 3 rings (SSSR count). The molecule has 1 amide bonds. The van der Waals surface area contributed by atoms with Crippen molar-refractivity contribution in [2.75, 3.05) is 45.1 Å². The first-order valence-electron chi connectivity index (χ1n) is 9.71. The predicted molar refractivity (Wildman–Crippen MR) is 107 cm³/mol. The van der Waals surface area contributed by atoms with Gasteiger partial charge in [0.1, 0.15) is 0 Å². The molecule has 2 aliphatic rings. The maximum atomic E-state index is 11.9. The Bertz CT molecular complexity index is 645.